The van der Waals surface area contributed by atoms with Crippen LogP contribution >= 0.6 is 35.0 Å². The van der Waals surface area contributed by atoms with Gasteiger partial charge in [-0.05, 0) is 43.2 Å². The molecule has 0 saturated heterocycles. The molecule has 0 heterocycles. The van der Waals surface area contributed by atoms with E-state index in [9.17, 15) is 9.90 Å². The minimum absolute atomic E-state index is 0.351. The Morgan fingerprint density at radius 2 is 1.86 bits per heavy atom. The third kappa shape index (κ3) is 4.67. The summed E-state index contributed by atoms with van der Waals surface area (Å²) in [6.07, 6.45) is 0.351. The Hall–Kier alpha value is -1.16. The van der Waals surface area contributed by atoms with E-state index >= 15 is 0 Å². The average Bonchev–Trinajstić information content (AvgIpc) is 2.43. The molecule has 0 amide bonds. The fraction of sp³-hybridized carbons (Fsp3) is 0.188. The monoisotopic (exact) mass is 340 g/mol. The van der Waals surface area contributed by atoms with Crippen LogP contribution in [0.25, 0.3) is 0 Å². The van der Waals surface area contributed by atoms with E-state index in [0.717, 1.165) is 16.0 Å². The summed E-state index contributed by atoms with van der Waals surface area (Å²) in [4.78, 5) is 12.4. The smallest absolute Gasteiger partial charge is 0.317 e. The molecule has 0 aliphatic carbocycles. The lowest BCUT2D eigenvalue weighted by atomic mass is 10.1. The molecule has 1 unspecified atom stereocenters. The number of carboxylic acid groups (broad SMARTS) is 1. The lowest BCUT2D eigenvalue weighted by Gasteiger charge is -2.13. The maximum absolute atomic E-state index is 11.5. The van der Waals surface area contributed by atoms with Crippen LogP contribution in [0.15, 0.2) is 47.4 Å². The molecule has 110 valence electrons. The lowest BCUT2D eigenvalue weighted by molar-refractivity contribution is -0.136. The summed E-state index contributed by atoms with van der Waals surface area (Å²) in [5.74, 6) is -0.855. The Morgan fingerprint density at radius 3 is 2.43 bits per heavy atom. The van der Waals surface area contributed by atoms with E-state index < -0.39 is 11.2 Å². The Labute approximate surface area is 138 Å². The molecule has 2 aromatic carbocycles. The van der Waals surface area contributed by atoms with Crippen LogP contribution in [0.1, 0.15) is 11.1 Å². The standard InChI is InChI=1S/C16H14Cl2O2S/c1-10-2-6-13(7-3-10)21-15(16(19)20)8-11-4-5-12(17)9-14(11)18/h2-7,9,15H,8H2,1H3,(H,19,20). The molecule has 1 N–H and O–H groups in total. The third-order valence-corrected chi connectivity index (χ3v) is 4.78. The molecule has 5 heteroatoms. The Morgan fingerprint density at radius 1 is 1.19 bits per heavy atom. The van der Waals surface area contributed by atoms with E-state index in [-0.39, 0.29) is 0 Å². The van der Waals surface area contributed by atoms with E-state index in [1.807, 2.05) is 31.2 Å². The molecule has 0 saturated carbocycles. The number of halogens is 2. The van der Waals surface area contributed by atoms with Crippen molar-refractivity contribution in [3.05, 3.63) is 63.6 Å². The zero-order valence-corrected chi connectivity index (χ0v) is 13.7. The van der Waals surface area contributed by atoms with E-state index in [1.165, 1.54) is 11.8 Å². The molecular weight excluding hydrogens is 327 g/mol. The first-order chi connectivity index (χ1) is 9.95. The van der Waals surface area contributed by atoms with Gasteiger partial charge in [-0.15, -0.1) is 11.8 Å². The van der Waals surface area contributed by atoms with Gasteiger partial charge in [0.15, 0.2) is 0 Å². The Bertz CT molecular complexity index is 641. The van der Waals surface area contributed by atoms with Crippen molar-refractivity contribution in [1.82, 2.24) is 0 Å². The summed E-state index contributed by atoms with van der Waals surface area (Å²) < 4.78 is 0. The van der Waals surface area contributed by atoms with E-state index in [0.29, 0.717) is 16.5 Å². The van der Waals surface area contributed by atoms with Crippen molar-refractivity contribution < 1.29 is 9.90 Å². The fourth-order valence-corrected chi connectivity index (χ4v) is 3.32. The highest BCUT2D eigenvalue weighted by Crippen LogP contribution is 2.29. The topological polar surface area (TPSA) is 37.3 Å². The third-order valence-electron chi connectivity index (χ3n) is 3.00. The van der Waals surface area contributed by atoms with Crippen molar-refractivity contribution in [3.63, 3.8) is 0 Å². The summed E-state index contributed by atoms with van der Waals surface area (Å²) in [7, 11) is 0. The zero-order chi connectivity index (χ0) is 15.4. The first kappa shape index (κ1) is 16.2. The van der Waals surface area contributed by atoms with Crippen molar-refractivity contribution in [2.45, 2.75) is 23.5 Å². The minimum Gasteiger partial charge on any atom is -0.480 e. The van der Waals surface area contributed by atoms with E-state index in [4.69, 9.17) is 23.2 Å². The van der Waals surface area contributed by atoms with Gasteiger partial charge in [0.25, 0.3) is 0 Å². The van der Waals surface area contributed by atoms with Gasteiger partial charge in [-0.25, -0.2) is 0 Å². The molecule has 21 heavy (non-hydrogen) atoms. The predicted molar refractivity (Wildman–Crippen MR) is 88.6 cm³/mol. The van der Waals surface area contributed by atoms with Gasteiger partial charge < -0.3 is 5.11 Å². The van der Waals surface area contributed by atoms with Crippen LogP contribution in [0, 0.1) is 6.92 Å². The Balaban J connectivity index is 2.15. The van der Waals surface area contributed by atoms with Crippen LogP contribution in [0.4, 0.5) is 0 Å². The highest BCUT2D eigenvalue weighted by atomic mass is 35.5. The number of aliphatic carboxylic acids is 1. The zero-order valence-electron chi connectivity index (χ0n) is 11.3. The van der Waals surface area contributed by atoms with Crippen LogP contribution in [-0.4, -0.2) is 16.3 Å². The number of thioether (sulfide) groups is 1. The molecule has 0 aliphatic heterocycles. The second kappa shape index (κ2) is 7.21. The SMILES string of the molecule is Cc1ccc(SC(Cc2ccc(Cl)cc2Cl)C(=O)O)cc1. The molecule has 0 aliphatic rings. The lowest BCUT2D eigenvalue weighted by Crippen LogP contribution is -2.19. The highest BCUT2D eigenvalue weighted by molar-refractivity contribution is 8.00. The molecular formula is C16H14Cl2O2S. The average molecular weight is 341 g/mol. The molecule has 0 fully saturated rings. The van der Waals surface area contributed by atoms with Gasteiger partial charge in [0.05, 0.1) is 0 Å². The van der Waals surface area contributed by atoms with E-state index in [1.54, 1.807) is 18.2 Å². The Kier molecular flexibility index (Phi) is 5.57. The fourth-order valence-electron chi connectivity index (χ4n) is 1.85. The van der Waals surface area contributed by atoms with Crippen LogP contribution in [-0.2, 0) is 11.2 Å². The van der Waals surface area contributed by atoms with Gasteiger partial charge in [-0.1, -0.05) is 47.0 Å². The maximum atomic E-state index is 11.5. The van der Waals surface area contributed by atoms with Crippen LogP contribution in [0.5, 0.6) is 0 Å². The van der Waals surface area contributed by atoms with Crippen molar-refractivity contribution in [2.75, 3.05) is 0 Å². The number of rotatable bonds is 5. The van der Waals surface area contributed by atoms with Crippen LogP contribution < -0.4 is 0 Å². The van der Waals surface area contributed by atoms with Crippen molar-refractivity contribution in [3.8, 4) is 0 Å². The van der Waals surface area contributed by atoms with Crippen molar-refractivity contribution in [1.29, 1.82) is 0 Å². The van der Waals surface area contributed by atoms with Gasteiger partial charge in [0.1, 0.15) is 5.25 Å². The number of carboxylic acids is 1. The van der Waals surface area contributed by atoms with Gasteiger partial charge in [-0.2, -0.15) is 0 Å². The molecule has 0 bridgehead atoms. The summed E-state index contributed by atoms with van der Waals surface area (Å²) in [5, 5.41) is 9.86. The largest absolute Gasteiger partial charge is 0.480 e. The van der Waals surface area contributed by atoms with Gasteiger partial charge >= 0.3 is 5.97 Å². The molecule has 0 radical (unpaired) electrons. The van der Waals surface area contributed by atoms with Crippen LogP contribution in [0.2, 0.25) is 10.0 Å². The molecule has 0 spiro atoms. The summed E-state index contributed by atoms with van der Waals surface area (Å²) in [5.41, 5.74) is 1.93. The minimum atomic E-state index is -0.855. The number of aryl methyl sites for hydroxylation is 1. The van der Waals surface area contributed by atoms with Crippen molar-refractivity contribution >= 4 is 40.9 Å². The van der Waals surface area contributed by atoms with Crippen molar-refractivity contribution in [2.24, 2.45) is 0 Å². The maximum Gasteiger partial charge on any atom is 0.317 e. The number of carbonyl (C=O) groups is 1. The summed E-state index contributed by atoms with van der Waals surface area (Å²) in [6, 6.07) is 12.9. The second-order valence-electron chi connectivity index (χ2n) is 4.70. The van der Waals surface area contributed by atoms with E-state index in [2.05, 4.69) is 0 Å². The molecule has 0 aromatic heterocycles. The summed E-state index contributed by atoms with van der Waals surface area (Å²) in [6.45, 7) is 2.00. The number of hydrogen-bond donors (Lipinski definition) is 1. The first-order valence-corrected chi connectivity index (χ1v) is 7.99. The second-order valence-corrected chi connectivity index (χ2v) is 6.82. The summed E-state index contributed by atoms with van der Waals surface area (Å²) >= 11 is 13.3. The number of hydrogen-bond acceptors (Lipinski definition) is 2. The molecule has 2 nitrogen and oxygen atoms in total. The normalized spacial score (nSPS) is 12.1. The molecule has 2 aromatic rings. The van der Waals surface area contributed by atoms with Gasteiger partial charge in [0.2, 0.25) is 0 Å². The molecule has 2 rings (SSSR count). The number of benzene rings is 2. The quantitative estimate of drug-likeness (QED) is 0.770. The van der Waals surface area contributed by atoms with Gasteiger partial charge in [0, 0.05) is 14.9 Å². The van der Waals surface area contributed by atoms with Crippen LogP contribution in [0.3, 0.4) is 0 Å². The first-order valence-electron chi connectivity index (χ1n) is 6.36. The van der Waals surface area contributed by atoms with Gasteiger partial charge in [-0.3, -0.25) is 4.79 Å². The highest BCUT2D eigenvalue weighted by Gasteiger charge is 2.20. The predicted octanol–water partition coefficient (Wildman–Crippen LogP) is 5.09. The molecule has 1 atom stereocenters.